The molecule has 3 aromatic rings. The zero-order valence-electron chi connectivity index (χ0n) is 17.1. The largest absolute Gasteiger partial charge is 0.506 e. The standard InChI is InChI=1S/C26H20N2O4/c29-19-12-6-5-11-18(19)27-20(30)13-28-25(31)23-21-14-7-1-2-8-15(14)22(24(23)26(28)32)17-10-4-3-9-16(17)21/h1-12,21-24,29H,13H2,(H,27,30)/t21?,22?,23-,24-/m0/s1. The molecule has 2 bridgehead atoms. The quantitative estimate of drug-likeness (QED) is 0.499. The van der Waals surface area contributed by atoms with Crippen molar-refractivity contribution in [1.29, 1.82) is 0 Å². The summed E-state index contributed by atoms with van der Waals surface area (Å²) in [6.07, 6.45) is 0. The van der Waals surface area contributed by atoms with E-state index in [0.29, 0.717) is 0 Å². The van der Waals surface area contributed by atoms with Crippen molar-refractivity contribution in [3.8, 4) is 5.75 Å². The Kier molecular flexibility index (Phi) is 3.99. The van der Waals surface area contributed by atoms with Crippen LogP contribution in [0, 0.1) is 11.8 Å². The Morgan fingerprint density at radius 2 is 1.19 bits per heavy atom. The molecule has 3 amide bonds. The van der Waals surface area contributed by atoms with Crippen molar-refractivity contribution in [3.63, 3.8) is 0 Å². The van der Waals surface area contributed by atoms with Gasteiger partial charge < -0.3 is 10.4 Å². The minimum atomic E-state index is -0.519. The van der Waals surface area contributed by atoms with E-state index in [-0.39, 0.29) is 41.6 Å². The molecule has 1 saturated heterocycles. The van der Waals surface area contributed by atoms with Crippen LogP contribution >= 0.6 is 0 Å². The van der Waals surface area contributed by atoms with Crippen molar-refractivity contribution in [1.82, 2.24) is 4.90 Å². The number of rotatable bonds is 3. The number of amides is 3. The van der Waals surface area contributed by atoms with Gasteiger partial charge in [0.15, 0.2) is 0 Å². The summed E-state index contributed by atoms with van der Waals surface area (Å²) in [5, 5.41) is 12.5. The summed E-state index contributed by atoms with van der Waals surface area (Å²) in [5.41, 5.74) is 4.63. The highest BCUT2D eigenvalue weighted by atomic mass is 16.3. The Labute approximate surface area is 184 Å². The van der Waals surface area contributed by atoms with E-state index in [1.54, 1.807) is 18.2 Å². The Balaban J connectivity index is 1.36. The molecule has 0 saturated carbocycles. The summed E-state index contributed by atoms with van der Waals surface area (Å²) >= 11 is 0. The minimum Gasteiger partial charge on any atom is -0.506 e. The van der Waals surface area contributed by atoms with Gasteiger partial charge in [0, 0.05) is 11.8 Å². The Morgan fingerprint density at radius 1 is 0.750 bits per heavy atom. The third kappa shape index (κ3) is 2.49. The summed E-state index contributed by atoms with van der Waals surface area (Å²) in [5.74, 6) is -2.59. The molecule has 1 heterocycles. The van der Waals surface area contributed by atoms with E-state index < -0.39 is 17.7 Å². The van der Waals surface area contributed by atoms with Gasteiger partial charge in [-0.1, -0.05) is 60.7 Å². The molecule has 7 rings (SSSR count). The molecule has 1 aliphatic heterocycles. The van der Waals surface area contributed by atoms with Gasteiger partial charge in [0.05, 0.1) is 17.5 Å². The number of likely N-dealkylation sites (tertiary alicyclic amines) is 1. The molecule has 6 nitrogen and oxygen atoms in total. The fourth-order valence-electron chi connectivity index (χ4n) is 5.81. The van der Waals surface area contributed by atoms with Crippen LogP contribution < -0.4 is 5.32 Å². The van der Waals surface area contributed by atoms with Crippen LogP contribution in [0.4, 0.5) is 5.69 Å². The highest BCUT2D eigenvalue weighted by Crippen LogP contribution is 2.60. The monoisotopic (exact) mass is 424 g/mol. The van der Waals surface area contributed by atoms with Gasteiger partial charge in [-0.2, -0.15) is 0 Å². The van der Waals surface area contributed by atoms with E-state index in [4.69, 9.17) is 0 Å². The highest BCUT2D eigenvalue weighted by Gasteiger charge is 2.61. The molecule has 4 aliphatic rings. The second-order valence-corrected chi connectivity index (χ2v) is 8.59. The van der Waals surface area contributed by atoms with E-state index in [0.717, 1.165) is 27.2 Å². The summed E-state index contributed by atoms with van der Waals surface area (Å²) in [4.78, 5) is 40.7. The normalized spacial score (nSPS) is 24.7. The van der Waals surface area contributed by atoms with E-state index in [1.807, 2.05) is 48.5 Å². The molecule has 0 aromatic heterocycles. The minimum absolute atomic E-state index is 0.0717. The maximum Gasteiger partial charge on any atom is 0.244 e. The third-order valence-electron chi connectivity index (χ3n) is 7.02. The second kappa shape index (κ2) is 6.79. The molecule has 0 radical (unpaired) electrons. The maximum absolute atomic E-state index is 13.5. The van der Waals surface area contributed by atoms with Crippen LogP contribution in [0.2, 0.25) is 0 Å². The van der Waals surface area contributed by atoms with E-state index >= 15 is 0 Å². The highest BCUT2D eigenvalue weighted by molar-refractivity contribution is 6.10. The molecule has 0 spiro atoms. The Bertz CT molecular complexity index is 1180. The molecule has 2 N–H and O–H groups in total. The zero-order valence-corrected chi connectivity index (χ0v) is 17.1. The van der Waals surface area contributed by atoms with E-state index in [9.17, 15) is 19.5 Å². The number of hydrogen-bond donors (Lipinski definition) is 2. The number of nitrogens with zero attached hydrogens (tertiary/aromatic N) is 1. The van der Waals surface area contributed by atoms with Crippen LogP contribution in [-0.4, -0.2) is 34.3 Å². The predicted molar refractivity (Wildman–Crippen MR) is 117 cm³/mol. The van der Waals surface area contributed by atoms with Crippen molar-refractivity contribution < 1.29 is 19.5 Å². The number of para-hydroxylation sites is 2. The van der Waals surface area contributed by atoms with E-state index in [2.05, 4.69) is 5.32 Å². The number of aromatic hydroxyl groups is 1. The second-order valence-electron chi connectivity index (χ2n) is 8.59. The Hall–Kier alpha value is -3.93. The topological polar surface area (TPSA) is 86.7 Å². The zero-order chi connectivity index (χ0) is 22.0. The number of nitrogens with one attached hydrogen (secondary N) is 1. The van der Waals surface area contributed by atoms with Crippen LogP contribution in [0.25, 0.3) is 0 Å². The third-order valence-corrected chi connectivity index (χ3v) is 7.02. The number of phenols is 1. The van der Waals surface area contributed by atoms with Gasteiger partial charge in [0.25, 0.3) is 0 Å². The molecular formula is C26H20N2O4. The average Bonchev–Trinajstić information content (AvgIpc) is 3.06. The Morgan fingerprint density at radius 3 is 1.66 bits per heavy atom. The van der Waals surface area contributed by atoms with Crippen LogP contribution in [0.1, 0.15) is 34.1 Å². The maximum atomic E-state index is 13.5. The van der Waals surface area contributed by atoms with Crippen LogP contribution in [0.5, 0.6) is 5.75 Å². The first-order valence-corrected chi connectivity index (χ1v) is 10.7. The van der Waals surface area contributed by atoms with Gasteiger partial charge in [-0.25, -0.2) is 0 Å². The summed E-state index contributed by atoms with van der Waals surface area (Å²) in [7, 11) is 0. The van der Waals surface area contributed by atoms with Gasteiger partial charge >= 0.3 is 0 Å². The first-order valence-electron chi connectivity index (χ1n) is 10.7. The van der Waals surface area contributed by atoms with Crippen molar-refractivity contribution in [2.75, 3.05) is 11.9 Å². The van der Waals surface area contributed by atoms with Crippen molar-refractivity contribution in [2.45, 2.75) is 11.8 Å². The number of phenolic OH excluding ortho intramolecular Hbond substituents is 1. The summed E-state index contributed by atoms with van der Waals surface area (Å²) in [6, 6.07) is 22.4. The van der Waals surface area contributed by atoms with Crippen LogP contribution in [0.15, 0.2) is 72.8 Å². The average molecular weight is 424 g/mol. The van der Waals surface area contributed by atoms with Crippen molar-refractivity contribution in [2.24, 2.45) is 11.8 Å². The molecule has 3 aromatic carbocycles. The number of hydrogen-bond acceptors (Lipinski definition) is 4. The lowest BCUT2D eigenvalue weighted by Gasteiger charge is -2.45. The fraction of sp³-hybridized carbons (Fsp3) is 0.192. The van der Waals surface area contributed by atoms with Gasteiger partial charge in [0.1, 0.15) is 12.3 Å². The molecule has 6 heteroatoms. The predicted octanol–water partition coefficient (Wildman–Crippen LogP) is 3.22. The number of carbonyl (C=O) groups is 3. The van der Waals surface area contributed by atoms with Gasteiger partial charge in [-0.3, -0.25) is 19.3 Å². The van der Waals surface area contributed by atoms with Gasteiger partial charge in [0.2, 0.25) is 17.7 Å². The van der Waals surface area contributed by atoms with Crippen molar-refractivity contribution in [3.05, 3.63) is 95.1 Å². The molecule has 32 heavy (non-hydrogen) atoms. The lowest BCUT2D eigenvalue weighted by molar-refractivity contribution is -0.142. The molecule has 1 fully saturated rings. The molecule has 158 valence electrons. The van der Waals surface area contributed by atoms with Crippen LogP contribution in [-0.2, 0) is 14.4 Å². The molecule has 3 aliphatic carbocycles. The van der Waals surface area contributed by atoms with Crippen LogP contribution in [0.3, 0.4) is 0 Å². The smallest absolute Gasteiger partial charge is 0.244 e. The number of carbonyl (C=O) groups excluding carboxylic acids is 3. The first-order chi connectivity index (χ1) is 15.6. The summed E-state index contributed by atoms with van der Waals surface area (Å²) < 4.78 is 0. The lowest BCUT2D eigenvalue weighted by Crippen LogP contribution is -2.41. The lowest BCUT2D eigenvalue weighted by atomic mass is 9.55. The molecule has 0 unspecified atom stereocenters. The molecular weight excluding hydrogens is 404 g/mol. The first kappa shape index (κ1) is 18.8. The van der Waals surface area contributed by atoms with E-state index in [1.165, 1.54) is 6.07 Å². The number of anilines is 1. The molecule has 2 atom stereocenters. The number of imide groups is 1. The van der Waals surface area contributed by atoms with Crippen molar-refractivity contribution >= 4 is 23.4 Å². The SMILES string of the molecule is O=C(CN1C(=O)[C@H]2C3c4ccccc4C(c4ccccc43)[C@@H]2C1=O)Nc1ccccc1O. The summed E-state index contributed by atoms with van der Waals surface area (Å²) in [6.45, 7) is -0.370. The van der Waals surface area contributed by atoms with Gasteiger partial charge in [-0.05, 0) is 34.4 Å². The fourth-order valence-corrected chi connectivity index (χ4v) is 5.81. The van der Waals surface area contributed by atoms with Gasteiger partial charge in [-0.15, -0.1) is 0 Å². The number of benzene rings is 3.